The molecule has 2 nitrogen and oxygen atoms in total. The summed E-state index contributed by atoms with van der Waals surface area (Å²) < 4.78 is 5.63. The van der Waals surface area contributed by atoms with Gasteiger partial charge in [-0.15, -0.1) is 0 Å². The fraction of sp³-hybridized carbons (Fsp3) is 0.250. The average molecular weight is 274 g/mol. The zero-order valence-corrected chi connectivity index (χ0v) is 11.4. The third-order valence-electron chi connectivity index (χ3n) is 3.51. The number of fused-ring (bicyclic) bond motifs is 1. The molecule has 0 amide bonds. The monoisotopic (exact) mass is 273 g/mol. The summed E-state index contributed by atoms with van der Waals surface area (Å²) in [5.74, 6) is 1.01. The summed E-state index contributed by atoms with van der Waals surface area (Å²) in [4.78, 5) is 0. The Balaban J connectivity index is 2.00. The topological polar surface area (TPSA) is 35.2 Å². The maximum Gasteiger partial charge on any atom is 0.122 e. The van der Waals surface area contributed by atoms with Gasteiger partial charge in [0.2, 0.25) is 0 Å². The molecule has 0 fully saturated rings. The molecule has 1 aliphatic heterocycles. The van der Waals surface area contributed by atoms with Crippen molar-refractivity contribution in [2.75, 3.05) is 6.61 Å². The van der Waals surface area contributed by atoms with Gasteiger partial charge in [-0.2, -0.15) is 0 Å². The second-order valence-electron chi connectivity index (χ2n) is 4.78. The lowest BCUT2D eigenvalue weighted by Gasteiger charge is -2.18. The lowest BCUT2D eigenvalue weighted by atomic mass is 9.98. The van der Waals surface area contributed by atoms with Crippen LogP contribution in [-0.2, 0) is 13.0 Å². The van der Waals surface area contributed by atoms with E-state index in [0.717, 1.165) is 41.3 Å². The molecule has 1 heterocycles. The van der Waals surface area contributed by atoms with E-state index < -0.39 is 0 Å². The molecular formula is C16H16ClNO. The van der Waals surface area contributed by atoms with Crippen molar-refractivity contribution in [1.29, 1.82) is 0 Å². The zero-order chi connectivity index (χ0) is 13.2. The second kappa shape index (κ2) is 5.24. The van der Waals surface area contributed by atoms with Crippen LogP contribution in [0.3, 0.4) is 0 Å². The van der Waals surface area contributed by atoms with Crippen LogP contribution in [-0.4, -0.2) is 6.61 Å². The van der Waals surface area contributed by atoms with Crippen LogP contribution in [0.5, 0.6) is 5.75 Å². The van der Waals surface area contributed by atoms with Crippen molar-refractivity contribution in [3.63, 3.8) is 0 Å². The highest BCUT2D eigenvalue weighted by Gasteiger charge is 2.11. The molecule has 0 radical (unpaired) electrons. The largest absolute Gasteiger partial charge is 0.493 e. The first-order valence-electron chi connectivity index (χ1n) is 6.52. The molecule has 3 heteroatoms. The van der Waals surface area contributed by atoms with E-state index in [1.54, 1.807) is 0 Å². The highest BCUT2D eigenvalue weighted by Crippen LogP contribution is 2.31. The summed E-state index contributed by atoms with van der Waals surface area (Å²) >= 11 is 6.22. The summed E-state index contributed by atoms with van der Waals surface area (Å²) in [7, 11) is 0. The number of rotatable bonds is 2. The van der Waals surface area contributed by atoms with Crippen LogP contribution in [0.1, 0.15) is 17.5 Å². The van der Waals surface area contributed by atoms with E-state index in [-0.39, 0.29) is 0 Å². The minimum Gasteiger partial charge on any atom is -0.493 e. The van der Waals surface area contributed by atoms with Crippen LogP contribution in [0.15, 0.2) is 36.4 Å². The SMILES string of the molecule is NCc1ccc(-c2ccc3c(c2)CCCO3)cc1Cl. The molecule has 2 N–H and O–H groups in total. The predicted octanol–water partition coefficient (Wildman–Crippen LogP) is 3.79. The van der Waals surface area contributed by atoms with Crippen molar-refractivity contribution in [1.82, 2.24) is 0 Å². The van der Waals surface area contributed by atoms with E-state index in [0.29, 0.717) is 6.54 Å². The maximum atomic E-state index is 6.22. The van der Waals surface area contributed by atoms with Gasteiger partial charge in [0.25, 0.3) is 0 Å². The summed E-state index contributed by atoms with van der Waals surface area (Å²) in [6.07, 6.45) is 2.17. The lowest BCUT2D eigenvalue weighted by Crippen LogP contribution is -2.08. The van der Waals surface area contributed by atoms with E-state index in [2.05, 4.69) is 24.3 Å². The molecular weight excluding hydrogens is 258 g/mol. The van der Waals surface area contributed by atoms with Crippen molar-refractivity contribution in [2.24, 2.45) is 5.73 Å². The fourth-order valence-corrected chi connectivity index (χ4v) is 2.69. The first-order chi connectivity index (χ1) is 9.28. The van der Waals surface area contributed by atoms with E-state index in [4.69, 9.17) is 22.1 Å². The Kier molecular flexibility index (Phi) is 3.45. The number of aryl methyl sites for hydroxylation is 1. The van der Waals surface area contributed by atoms with Crippen molar-refractivity contribution in [3.8, 4) is 16.9 Å². The Labute approximate surface area is 118 Å². The molecule has 0 atom stereocenters. The summed E-state index contributed by atoms with van der Waals surface area (Å²) in [6.45, 7) is 1.29. The highest BCUT2D eigenvalue weighted by molar-refractivity contribution is 6.31. The van der Waals surface area contributed by atoms with Crippen LogP contribution < -0.4 is 10.5 Å². The number of nitrogens with two attached hydrogens (primary N) is 1. The van der Waals surface area contributed by atoms with Crippen molar-refractivity contribution in [3.05, 3.63) is 52.5 Å². The molecule has 0 bridgehead atoms. The van der Waals surface area contributed by atoms with E-state index in [1.165, 1.54) is 11.1 Å². The van der Waals surface area contributed by atoms with Gasteiger partial charge in [0, 0.05) is 11.6 Å². The molecule has 19 heavy (non-hydrogen) atoms. The van der Waals surface area contributed by atoms with Gasteiger partial charge in [0.05, 0.1) is 6.61 Å². The van der Waals surface area contributed by atoms with Gasteiger partial charge in [0.15, 0.2) is 0 Å². The van der Waals surface area contributed by atoms with Crippen LogP contribution >= 0.6 is 11.6 Å². The van der Waals surface area contributed by atoms with E-state index in [1.807, 2.05) is 12.1 Å². The quantitative estimate of drug-likeness (QED) is 0.903. The van der Waals surface area contributed by atoms with Gasteiger partial charge < -0.3 is 10.5 Å². The van der Waals surface area contributed by atoms with Crippen LogP contribution in [0.2, 0.25) is 5.02 Å². The van der Waals surface area contributed by atoms with Gasteiger partial charge in [-0.1, -0.05) is 29.8 Å². The molecule has 3 rings (SSSR count). The smallest absolute Gasteiger partial charge is 0.122 e. The zero-order valence-electron chi connectivity index (χ0n) is 10.7. The molecule has 98 valence electrons. The van der Waals surface area contributed by atoms with Crippen molar-refractivity contribution in [2.45, 2.75) is 19.4 Å². The third-order valence-corrected chi connectivity index (χ3v) is 3.87. The second-order valence-corrected chi connectivity index (χ2v) is 5.19. The molecule has 2 aromatic rings. The lowest BCUT2D eigenvalue weighted by molar-refractivity contribution is 0.288. The molecule has 0 saturated heterocycles. The third kappa shape index (κ3) is 2.46. The van der Waals surface area contributed by atoms with Crippen molar-refractivity contribution >= 4 is 11.6 Å². The average Bonchev–Trinajstić information content (AvgIpc) is 2.46. The molecule has 0 aliphatic carbocycles. The highest BCUT2D eigenvalue weighted by atomic mass is 35.5. The van der Waals surface area contributed by atoms with Gasteiger partial charge in [0.1, 0.15) is 5.75 Å². The van der Waals surface area contributed by atoms with E-state index in [9.17, 15) is 0 Å². The Morgan fingerprint density at radius 1 is 1.11 bits per heavy atom. The van der Waals surface area contributed by atoms with Gasteiger partial charge >= 0.3 is 0 Å². The number of ether oxygens (including phenoxy) is 1. The number of hydrogen-bond donors (Lipinski definition) is 1. The fourth-order valence-electron chi connectivity index (χ4n) is 2.43. The normalized spacial score (nSPS) is 13.8. The summed E-state index contributed by atoms with van der Waals surface area (Å²) in [5, 5.41) is 0.731. The molecule has 0 spiro atoms. The van der Waals surface area contributed by atoms with Gasteiger partial charge in [-0.3, -0.25) is 0 Å². The molecule has 0 saturated carbocycles. The molecule has 1 aliphatic rings. The Morgan fingerprint density at radius 2 is 1.89 bits per heavy atom. The Bertz CT molecular complexity index is 610. The maximum absolute atomic E-state index is 6.22. The standard InChI is InChI=1S/C16H16ClNO/c17-15-9-12(3-4-14(15)10-18)11-5-6-16-13(8-11)2-1-7-19-16/h3-6,8-9H,1-2,7,10,18H2. The first kappa shape index (κ1) is 12.5. The minimum absolute atomic E-state index is 0.469. The number of hydrogen-bond acceptors (Lipinski definition) is 2. The molecule has 2 aromatic carbocycles. The Morgan fingerprint density at radius 3 is 2.68 bits per heavy atom. The van der Waals surface area contributed by atoms with Crippen LogP contribution in [0.25, 0.3) is 11.1 Å². The summed E-state index contributed by atoms with van der Waals surface area (Å²) in [5.41, 5.74) is 10.2. The van der Waals surface area contributed by atoms with Crippen LogP contribution in [0.4, 0.5) is 0 Å². The molecule has 0 unspecified atom stereocenters. The summed E-state index contributed by atoms with van der Waals surface area (Å²) in [6, 6.07) is 12.4. The minimum atomic E-state index is 0.469. The first-order valence-corrected chi connectivity index (χ1v) is 6.90. The van der Waals surface area contributed by atoms with Gasteiger partial charge in [-0.25, -0.2) is 0 Å². The van der Waals surface area contributed by atoms with E-state index >= 15 is 0 Å². The van der Waals surface area contributed by atoms with Crippen molar-refractivity contribution < 1.29 is 4.74 Å². The Hall–Kier alpha value is -1.51. The predicted molar refractivity (Wildman–Crippen MR) is 78.6 cm³/mol. The molecule has 0 aromatic heterocycles. The van der Waals surface area contributed by atoms with Crippen LogP contribution in [0, 0.1) is 0 Å². The number of benzene rings is 2. The van der Waals surface area contributed by atoms with Gasteiger partial charge in [-0.05, 0) is 53.3 Å². The number of halogens is 1.